The van der Waals surface area contributed by atoms with Crippen molar-refractivity contribution >= 4 is 15.7 Å². The predicted molar refractivity (Wildman–Crippen MR) is 77.1 cm³/mol. The van der Waals surface area contributed by atoms with Gasteiger partial charge in [-0.1, -0.05) is 12.1 Å². The molecule has 0 saturated carbocycles. The second kappa shape index (κ2) is 7.32. The Labute approximate surface area is 118 Å². The Hall–Kier alpha value is -1.51. The third-order valence-corrected chi connectivity index (χ3v) is 3.52. The van der Waals surface area contributed by atoms with Crippen LogP contribution in [0.5, 0.6) is 0 Å². The highest BCUT2D eigenvalue weighted by molar-refractivity contribution is 7.88. The average molecular weight is 301 g/mol. The highest BCUT2D eigenvalue weighted by Crippen LogP contribution is 2.12. The van der Waals surface area contributed by atoms with E-state index in [1.165, 1.54) is 12.1 Å². The van der Waals surface area contributed by atoms with Crippen molar-refractivity contribution in [3.8, 4) is 0 Å². The van der Waals surface area contributed by atoms with Gasteiger partial charge in [0.2, 0.25) is 10.0 Å². The Morgan fingerprint density at radius 1 is 1.25 bits per heavy atom. The van der Waals surface area contributed by atoms with Gasteiger partial charge in [0.25, 0.3) is 5.69 Å². The molecule has 0 aromatic heterocycles. The van der Waals surface area contributed by atoms with E-state index < -0.39 is 14.9 Å². The standard InChI is InChI=1S/C12H19N3O4S/c1-14(10-8-13-20(2,18)19)9-7-11-3-5-12(6-4-11)15(16)17/h3-6,13H,7-10H2,1-2H3. The van der Waals surface area contributed by atoms with Crippen molar-refractivity contribution in [3.63, 3.8) is 0 Å². The Morgan fingerprint density at radius 3 is 2.35 bits per heavy atom. The van der Waals surface area contributed by atoms with E-state index >= 15 is 0 Å². The number of nitrogens with one attached hydrogen (secondary N) is 1. The third-order valence-electron chi connectivity index (χ3n) is 2.79. The molecule has 1 aromatic rings. The molecule has 0 aliphatic carbocycles. The van der Waals surface area contributed by atoms with Crippen molar-refractivity contribution in [1.82, 2.24) is 9.62 Å². The van der Waals surface area contributed by atoms with Crippen LogP contribution in [0.25, 0.3) is 0 Å². The van der Waals surface area contributed by atoms with Crippen LogP contribution in [0, 0.1) is 10.1 Å². The van der Waals surface area contributed by atoms with Crippen LogP contribution in [0.1, 0.15) is 5.56 Å². The molecule has 0 heterocycles. The van der Waals surface area contributed by atoms with Gasteiger partial charge in [0.05, 0.1) is 11.2 Å². The van der Waals surface area contributed by atoms with Crippen molar-refractivity contribution in [1.29, 1.82) is 0 Å². The topological polar surface area (TPSA) is 92.6 Å². The van der Waals surface area contributed by atoms with Crippen molar-refractivity contribution in [2.24, 2.45) is 0 Å². The van der Waals surface area contributed by atoms with Crippen molar-refractivity contribution in [2.45, 2.75) is 6.42 Å². The van der Waals surface area contributed by atoms with Crippen molar-refractivity contribution < 1.29 is 13.3 Å². The van der Waals surface area contributed by atoms with Crippen LogP contribution >= 0.6 is 0 Å². The van der Waals surface area contributed by atoms with Gasteiger partial charge in [0, 0.05) is 31.8 Å². The Kier molecular flexibility index (Phi) is 6.05. The molecule has 0 radical (unpaired) electrons. The number of rotatable bonds is 8. The minimum absolute atomic E-state index is 0.0828. The number of likely N-dealkylation sites (N-methyl/N-ethyl adjacent to an activating group) is 1. The number of nitro groups is 1. The summed E-state index contributed by atoms with van der Waals surface area (Å²) in [6, 6.07) is 6.45. The molecule has 20 heavy (non-hydrogen) atoms. The van der Waals surface area contributed by atoms with Gasteiger partial charge in [0.1, 0.15) is 0 Å². The third kappa shape index (κ3) is 6.60. The molecule has 0 aliphatic heterocycles. The van der Waals surface area contributed by atoms with Gasteiger partial charge in [-0.15, -0.1) is 0 Å². The molecule has 1 N–H and O–H groups in total. The largest absolute Gasteiger partial charge is 0.305 e. The van der Waals surface area contributed by atoms with Crippen molar-refractivity contribution in [2.75, 3.05) is 32.9 Å². The van der Waals surface area contributed by atoms with Crippen LogP contribution in [0.4, 0.5) is 5.69 Å². The van der Waals surface area contributed by atoms with Crippen LogP contribution in [-0.4, -0.2) is 51.2 Å². The Bertz CT molecular complexity index is 542. The van der Waals surface area contributed by atoms with E-state index in [9.17, 15) is 18.5 Å². The number of hydrogen-bond acceptors (Lipinski definition) is 5. The predicted octanol–water partition coefficient (Wildman–Crippen LogP) is 0.618. The van der Waals surface area contributed by atoms with Gasteiger partial charge in [-0.3, -0.25) is 10.1 Å². The fourth-order valence-electron chi connectivity index (χ4n) is 1.64. The van der Waals surface area contributed by atoms with Gasteiger partial charge in [-0.25, -0.2) is 13.1 Å². The maximum atomic E-state index is 10.9. The van der Waals surface area contributed by atoms with E-state index in [0.29, 0.717) is 13.1 Å². The van der Waals surface area contributed by atoms with E-state index in [1.54, 1.807) is 12.1 Å². The highest BCUT2D eigenvalue weighted by Gasteiger charge is 2.05. The summed E-state index contributed by atoms with van der Waals surface area (Å²) in [5, 5.41) is 10.5. The zero-order valence-corrected chi connectivity index (χ0v) is 12.4. The van der Waals surface area contributed by atoms with E-state index in [0.717, 1.165) is 24.8 Å². The molecular weight excluding hydrogens is 282 g/mol. The van der Waals surface area contributed by atoms with E-state index in [4.69, 9.17) is 0 Å². The summed E-state index contributed by atoms with van der Waals surface area (Å²) >= 11 is 0. The molecule has 0 saturated heterocycles. The lowest BCUT2D eigenvalue weighted by Crippen LogP contribution is -2.33. The molecule has 1 rings (SSSR count). The van der Waals surface area contributed by atoms with E-state index in [-0.39, 0.29) is 5.69 Å². The molecule has 0 bridgehead atoms. The average Bonchev–Trinajstić information content (AvgIpc) is 2.35. The minimum atomic E-state index is -3.14. The SMILES string of the molecule is CN(CCNS(C)(=O)=O)CCc1ccc([N+](=O)[O-])cc1. The van der Waals surface area contributed by atoms with E-state index in [1.807, 2.05) is 11.9 Å². The normalized spacial score (nSPS) is 11.8. The molecule has 7 nitrogen and oxygen atoms in total. The Morgan fingerprint density at radius 2 is 1.85 bits per heavy atom. The first-order valence-electron chi connectivity index (χ1n) is 6.14. The van der Waals surface area contributed by atoms with Crippen LogP contribution in [0.3, 0.4) is 0 Å². The second-order valence-corrected chi connectivity index (χ2v) is 6.48. The van der Waals surface area contributed by atoms with E-state index in [2.05, 4.69) is 4.72 Å². The number of nitrogens with zero attached hydrogens (tertiary/aromatic N) is 2. The lowest BCUT2D eigenvalue weighted by molar-refractivity contribution is -0.384. The highest BCUT2D eigenvalue weighted by atomic mass is 32.2. The van der Waals surface area contributed by atoms with Crippen LogP contribution in [0.15, 0.2) is 24.3 Å². The van der Waals surface area contributed by atoms with Gasteiger partial charge in [-0.05, 0) is 19.0 Å². The zero-order chi connectivity index (χ0) is 15.2. The Balaban J connectivity index is 2.33. The van der Waals surface area contributed by atoms with Crippen LogP contribution < -0.4 is 4.72 Å². The summed E-state index contributed by atoms with van der Waals surface area (Å²) in [6.07, 6.45) is 1.89. The number of benzene rings is 1. The monoisotopic (exact) mass is 301 g/mol. The van der Waals surface area contributed by atoms with Gasteiger partial charge < -0.3 is 4.90 Å². The van der Waals surface area contributed by atoms with Gasteiger partial charge in [-0.2, -0.15) is 0 Å². The summed E-state index contributed by atoms with van der Waals surface area (Å²) in [6.45, 7) is 1.74. The molecule has 8 heteroatoms. The summed E-state index contributed by atoms with van der Waals surface area (Å²) in [7, 11) is -1.24. The zero-order valence-electron chi connectivity index (χ0n) is 11.6. The molecule has 0 aliphatic rings. The first kappa shape index (κ1) is 16.5. The number of hydrogen-bond donors (Lipinski definition) is 1. The first-order chi connectivity index (χ1) is 9.28. The second-order valence-electron chi connectivity index (χ2n) is 4.64. The quantitative estimate of drug-likeness (QED) is 0.561. The molecule has 1 aromatic carbocycles. The molecule has 0 fully saturated rings. The van der Waals surface area contributed by atoms with Gasteiger partial charge >= 0.3 is 0 Å². The summed E-state index contributed by atoms with van der Waals surface area (Å²) in [4.78, 5) is 12.1. The molecule has 0 atom stereocenters. The smallest absolute Gasteiger partial charge is 0.269 e. The number of non-ortho nitro benzene ring substituents is 1. The fraction of sp³-hybridized carbons (Fsp3) is 0.500. The maximum Gasteiger partial charge on any atom is 0.269 e. The fourth-order valence-corrected chi connectivity index (χ4v) is 2.10. The molecule has 0 unspecified atom stereocenters. The minimum Gasteiger partial charge on any atom is -0.305 e. The van der Waals surface area contributed by atoms with Crippen LogP contribution in [0.2, 0.25) is 0 Å². The summed E-state index contributed by atoms with van der Waals surface area (Å²) in [5.74, 6) is 0. The number of nitro benzene ring substituents is 1. The molecule has 0 amide bonds. The summed E-state index contributed by atoms with van der Waals surface area (Å²) in [5.41, 5.74) is 1.10. The molecular formula is C12H19N3O4S. The lowest BCUT2D eigenvalue weighted by Gasteiger charge is -2.16. The number of sulfonamides is 1. The summed E-state index contributed by atoms with van der Waals surface area (Å²) < 4.78 is 24.2. The first-order valence-corrected chi connectivity index (χ1v) is 8.03. The van der Waals surface area contributed by atoms with Crippen molar-refractivity contribution in [3.05, 3.63) is 39.9 Å². The maximum absolute atomic E-state index is 10.9. The van der Waals surface area contributed by atoms with Gasteiger partial charge in [0.15, 0.2) is 0 Å². The van der Waals surface area contributed by atoms with Crippen LogP contribution in [-0.2, 0) is 16.4 Å². The molecule has 112 valence electrons. The molecule has 0 spiro atoms. The lowest BCUT2D eigenvalue weighted by atomic mass is 10.1.